The second-order valence-corrected chi connectivity index (χ2v) is 12.4. The minimum absolute atomic E-state index is 0.892. The van der Waals surface area contributed by atoms with Crippen molar-refractivity contribution >= 4 is 60.8 Å². The number of nitrogens with zero attached hydrogens (tertiary/aromatic N) is 2. The molecule has 0 unspecified atom stereocenters. The Bertz CT molecular complexity index is 2600. The van der Waals surface area contributed by atoms with Crippen LogP contribution in [0.15, 0.2) is 162 Å². The van der Waals surface area contributed by atoms with Gasteiger partial charge in [0.2, 0.25) is 0 Å². The van der Waals surface area contributed by atoms with Crippen LogP contribution >= 0.6 is 0 Å². The lowest BCUT2D eigenvalue weighted by Crippen LogP contribution is -2.10. The van der Waals surface area contributed by atoms with E-state index in [1.54, 1.807) is 0 Å². The highest BCUT2D eigenvalue weighted by atomic mass is 16.3. The van der Waals surface area contributed by atoms with Gasteiger partial charge in [-0.15, -0.1) is 0 Å². The smallest absolute Gasteiger partial charge is 0.135 e. The van der Waals surface area contributed by atoms with Gasteiger partial charge in [-0.25, -0.2) is 0 Å². The maximum absolute atomic E-state index is 6.19. The second kappa shape index (κ2) is 10.8. The fraction of sp³-hybridized carbons (Fsp3) is 0.0455. The summed E-state index contributed by atoms with van der Waals surface area (Å²) in [6.45, 7) is 4.29. The lowest BCUT2D eigenvalue weighted by molar-refractivity contribution is 0.669. The summed E-state index contributed by atoms with van der Waals surface area (Å²) in [5, 5.41) is 4.77. The monoisotopic (exact) mass is 604 g/mol. The van der Waals surface area contributed by atoms with E-state index < -0.39 is 0 Å². The minimum atomic E-state index is 0.892. The number of hydrogen-bond donors (Lipinski definition) is 0. The van der Waals surface area contributed by atoms with E-state index >= 15 is 0 Å². The van der Waals surface area contributed by atoms with E-state index in [-0.39, 0.29) is 0 Å². The number of aryl methyl sites for hydroxylation is 2. The standard InChI is InChI=1S/C44H32N2O/c1-29-18-21-32(22-19-29)45(34-23-25-44-39(28-34)37-14-5-8-17-43(37)47-44)33-11-9-10-31(27-33)35-12-3-6-15-40(35)46-41-16-7-4-13-36(41)38-26-30(2)20-24-42(38)46/h3-28H,1-2H3. The summed E-state index contributed by atoms with van der Waals surface area (Å²) < 4.78 is 8.60. The lowest BCUT2D eigenvalue weighted by Gasteiger charge is -2.26. The number of aromatic nitrogens is 1. The molecule has 3 heteroatoms. The van der Waals surface area contributed by atoms with E-state index in [2.05, 4.69) is 169 Å². The predicted octanol–water partition coefficient (Wildman–Crippen LogP) is 12.4. The molecule has 2 heterocycles. The first-order valence-corrected chi connectivity index (χ1v) is 16.1. The van der Waals surface area contributed by atoms with E-state index in [1.165, 1.54) is 38.5 Å². The third-order valence-electron chi connectivity index (χ3n) is 9.30. The minimum Gasteiger partial charge on any atom is -0.456 e. The van der Waals surface area contributed by atoms with Gasteiger partial charge >= 0.3 is 0 Å². The highest BCUT2D eigenvalue weighted by Crippen LogP contribution is 2.41. The molecular formula is C44H32N2O. The molecule has 47 heavy (non-hydrogen) atoms. The molecule has 0 N–H and O–H groups in total. The van der Waals surface area contributed by atoms with Crippen LogP contribution in [0.25, 0.3) is 60.6 Å². The van der Waals surface area contributed by atoms with E-state index in [1.807, 2.05) is 12.1 Å². The van der Waals surface area contributed by atoms with Gasteiger partial charge < -0.3 is 13.9 Å². The largest absolute Gasteiger partial charge is 0.456 e. The van der Waals surface area contributed by atoms with Crippen LogP contribution in [0.3, 0.4) is 0 Å². The van der Waals surface area contributed by atoms with Crippen LogP contribution in [0.1, 0.15) is 11.1 Å². The Morgan fingerprint density at radius 1 is 0.447 bits per heavy atom. The molecule has 0 radical (unpaired) electrons. The van der Waals surface area contributed by atoms with Crippen LogP contribution in [0.5, 0.6) is 0 Å². The van der Waals surface area contributed by atoms with Crippen molar-refractivity contribution in [1.82, 2.24) is 4.57 Å². The lowest BCUT2D eigenvalue weighted by atomic mass is 10.0. The first kappa shape index (κ1) is 27.3. The van der Waals surface area contributed by atoms with Gasteiger partial charge in [0.05, 0.1) is 16.7 Å². The number of hydrogen-bond acceptors (Lipinski definition) is 2. The van der Waals surface area contributed by atoms with Crippen molar-refractivity contribution in [3.63, 3.8) is 0 Å². The Morgan fingerprint density at radius 2 is 1.13 bits per heavy atom. The van der Waals surface area contributed by atoms with Crippen molar-refractivity contribution in [2.45, 2.75) is 13.8 Å². The normalized spacial score (nSPS) is 11.6. The first-order valence-electron chi connectivity index (χ1n) is 16.1. The zero-order valence-electron chi connectivity index (χ0n) is 26.3. The Morgan fingerprint density at radius 3 is 2.02 bits per heavy atom. The van der Waals surface area contributed by atoms with Crippen LogP contribution in [-0.4, -0.2) is 4.57 Å². The maximum Gasteiger partial charge on any atom is 0.135 e. The first-order chi connectivity index (χ1) is 23.1. The zero-order valence-corrected chi connectivity index (χ0v) is 26.3. The van der Waals surface area contributed by atoms with Crippen LogP contribution in [0, 0.1) is 13.8 Å². The third kappa shape index (κ3) is 4.51. The number of para-hydroxylation sites is 3. The van der Waals surface area contributed by atoms with Crippen molar-refractivity contribution in [3.05, 3.63) is 169 Å². The van der Waals surface area contributed by atoms with E-state index in [0.717, 1.165) is 50.3 Å². The Kier molecular flexibility index (Phi) is 6.26. The van der Waals surface area contributed by atoms with Crippen molar-refractivity contribution in [3.8, 4) is 16.8 Å². The van der Waals surface area contributed by atoms with Gasteiger partial charge in [0.1, 0.15) is 11.2 Å². The summed E-state index contributed by atoms with van der Waals surface area (Å²) >= 11 is 0. The van der Waals surface area contributed by atoms with Gasteiger partial charge in [-0.05, 0) is 92.2 Å². The SMILES string of the molecule is Cc1ccc(N(c2cccc(-c3ccccc3-n3c4ccccc4c4cc(C)ccc43)c2)c2ccc3oc4ccccc4c3c2)cc1. The highest BCUT2D eigenvalue weighted by molar-refractivity contribution is 6.10. The molecule has 0 atom stereocenters. The molecule has 0 fully saturated rings. The molecule has 3 nitrogen and oxygen atoms in total. The molecule has 224 valence electrons. The van der Waals surface area contributed by atoms with Crippen LogP contribution in [0.4, 0.5) is 17.1 Å². The average molecular weight is 605 g/mol. The summed E-state index contributed by atoms with van der Waals surface area (Å²) in [4.78, 5) is 2.34. The Hall–Kier alpha value is -6.06. The summed E-state index contributed by atoms with van der Waals surface area (Å²) in [6, 6.07) is 56.7. The molecule has 0 bridgehead atoms. The van der Waals surface area contributed by atoms with E-state index in [4.69, 9.17) is 4.42 Å². The number of anilines is 3. The molecule has 0 saturated heterocycles. The highest BCUT2D eigenvalue weighted by Gasteiger charge is 2.19. The fourth-order valence-corrected chi connectivity index (χ4v) is 7.07. The molecule has 2 aromatic heterocycles. The molecule has 9 rings (SSSR count). The molecule has 0 saturated carbocycles. The van der Waals surface area contributed by atoms with Crippen LogP contribution < -0.4 is 4.90 Å². The molecule has 9 aromatic rings. The van der Waals surface area contributed by atoms with Gasteiger partial charge in [0, 0.05) is 44.2 Å². The van der Waals surface area contributed by atoms with Crippen LogP contribution in [-0.2, 0) is 0 Å². The van der Waals surface area contributed by atoms with Crippen molar-refractivity contribution in [2.24, 2.45) is 0 Å². The number of fused-ring (bicyclic) bond motifs is 6. The van der Waals surface area contributed by atoms with Gasteiger partial charge in [-0.3, -0.25) is 0 Å². The average Bonchev–Trinajstić information content (AvgIpc) is 3.64. The molecule has 0 amide bonds. The number of furan rings is 1. The molecular weight excluding hydrogens is 572 g/mol. The predicted molar refractivity (Wildman–Crippen MR) is 198 cm³/mol. The van der Waals surface area contributed by atoms with Crippen molar-refractivity contribution < 1.29 is 4.42 Å². The van der Waals surface area contributed by atoms with Gasteiger partial charge in [-0.1, -0.05) is 96.1 Å². The number of benzene rings is 7. The quantitative estimate of drug-likeness (QED) is 0.195. The Labute approximate surface area is 273 Å². The van der Waals surface area contributed by atoms with Gasteiger partial charge in [0.15, 0.2) is 0 Å². The summed E-state index contributed by atoms with van der Waals surface area (Å²) in [5.41, 5.74) is 13.5. The van der Waals surface area contributed by atoms with Crippen molar-refractivity contribution in [1.29, 1.82) is 0 Å². The third-order valence-corrected chi connectivity index (χ3v) is 9.30. The van der Waals surface area contributed by atoms with Crippen molar-refractivity contribution in [2.75, 3.05) is 4.90 Å². The Balaban J connectivity index is 1.24. The number of rotatable bonds is 5. The van der Waals surface area contributed by atoms with Gasteiger partial charge in [-0.2, -0.15) is 0 Å². The molecule has 0 aliphatic heterocycles. The molecule has 0 aliphatic rings. The topological polar surface area (TPSA) is 21.3 Å². The van der Waals surface area contributed by atoms with Gasteiger partial charge in [0.25, 0.3) is 0 Å². The summed E-state index contributed by atoms with van der Waals surface area (Å²) in [6.07, 6.45) is 0. The van der Waals surface area contributed by atoms with E-state index in [0.29, 0.717) is 0 Å². The molecule has 0 spiro atoms. The molecule has 0 aliphatic carbocycles. The summed E-state index contributed by atoms with van der Waals surface area (Å²) in [7, 11) is 0. The van der Waals surface area contributed by atoms with Crippen LogP contribution in [0.2, 0.25) is 0 Å². The fourth-order valence-electron chi connectivity index (χ4n) is 7.07. The second-order valence-electron chi connectivity index (χ2n) is 12.4. The maximum atomic E-state index is 6.19. The summed E-state index contributed by atoms with van der Waals surface area (Å²) in [5.74, 6) is 0. The zero-order chi connectivity index (χ0) is 31.5. The molecule has 7 aromatic carbocycles. The van der Waals surface area contributed by atoms with E-state index in [9.17, 15) is 0 Å².